The normalized spacial score (nSPS) is 10.4. The highest BCUT2D eigenvalue weighted by Crippen LogP contribution is 2.20. The van der Waals surface area contributed by atoms with Crippen molar-refractivity contribution in [1.82, 2.24) is 9.78 Å². The zero-order valence-corrected chi connectivity index (χ0v) is 9.39. The van der Waals surface area contributed by atoms with Gasteiger partial charge in [0.25, 0.3) is 0 Å². The van der Waals surface area contributed by atoms with Gasteiger partial charge < -0.3 is 10.5 Å². The molecule has 0 spiro atoms. The first-order valence-corrected chi connectivity index (χ1v) is 5.32. The molecule has 2 N–H and O–H groups in total. The van der Waals surface area contributed by atoms with Crippen molar-refractivity contribution >= 4 is 11.6 Å². The highest BCUT2D eigenvalue weighted by Gasteiger charge is 2.04. The van der Waals surface area contributed by atoms with Crippen molar-refractivity contribution in [2.75, 3.05) is 13.2 Å². The van der Waals surface area contributed by atoms with Crippen LogP contribution in [0.1, 0.15) is 0 Å². The largest absolute Gasteiger partial charge is 0.475 e. The molecule has 4 nitrogen and oxygen atoms in total. The lowest BCUT2D eigenvalue weighted by Gasteiger charge is -2.03. The number of nitrogens with two attached hydrogens (primary N) is 1. The molecule has 84 valence electrons. The fraction of sp³-hybridized carbons (Fsp3) is 0.182. The van der Waals surface area contributed by atoms with Gasteiger partial charge in [0.15, 0.2) is 0 Å². The Balaban J connectivity index is 2.22. The number of aromatic nitrogens is 2. The molecule has 2 aromatic rings. The SMILES string of the molecule is NCCOc1ccn(-c2ccccc2Cl)n1. The average Bonchev–Trinajstić information content (AvgIpc) is 2.75. The molecule has 0 aliphatic carbocycles. The second-order valence-corrected chi connectivity index (χ2v) is 3.59. The van der Waals surface area contributed by atoms with E-state index in [1.54, 1.807) is 16.9 Å². The fourth-order valence-corrected chi connectivity index (χ4v) is 1.54. The van der Waals surface area contributed by atoms with Gasteiger partial charge in [-0.1, -0.05) is 23.7 Å². The van der Waals surface area contributed by atoms with Gasteiger partial charge in [-0.15, -0.1) is 5.10 Å². The number of para-hydroxylation sites is 1. The van der Waals surface area contributed by atoms with Crippen LogP contribution in [0.3, 0.4) is 0 Å². The van der Waals surface area contributed by atoms with E-state index < -0.39 is 0 Å². The minimum atomic E-state index is 0.458. The van der Waals surface area contributed by atoms with E-state index in [0.29, 0.717) is 24.1 Å². The van der Waals surface area contributed by atoms with E-state index in [2.05, 4.69) is 5.10 Å². The van der Waals surface area contributed by atoms with Gasteiger partial charge in [-0.3, -0.25) is 0 Å². The Morgan fingerprint density at radius 1 is 1.31 bits per heavy atom. The molecule has 16 heavy (non-hydrogen) atoms. The van der Waals surface area contributed by atoms with Crippen LogP contribution in [-0.4, -0.2) is 22.9 Å². The van der Waals surface area contributed by atoms with E-state index in [4.69, 9.17) is 22.1 Å². The molecular formula is C11H12ClN3O. The van der Waals surface area contributed by atoms with E-state index in [9.17, 15) is 0 Å². The van der Waals surface area contributed by atoms with Crippen LogP contribution in [0.2, 0.25) is 5.02 Å². The molecule has 0 unspecified atom stereocenters. The zero-order valence-electron chi connectivity index (χ0n) is 8.64. The average molecular weight is 238 g/mol. The van der Waals surface area contributed by atoms with Crippen molar-refractivity contribution in [2.24, 2.45) is 5.73 Å². The molecule has 0 aliphatic heterocycles. The van der Waals surface area contributed by atoms with Crippen LogP contribution in [0.5, 0.6) is 5.88 Å². The molecule has 0 atom stereocenters. The van der Waals surface area contributed by atoms with Crippen LogP contribution in [-0.2, 0) is 0 Å². The summed E-state index contributed by atoms with van der Waals surface area (Å²) in [4.78, 5) is 0. The maximum absolute atomic E-state index is 6.05. The van der Waals surface area contributed by atoms with Crippen LogP contribution in [0.25, 0.3) is 5.69 Å². The molecule has 0 aliphatic rings. The summed E-state index contributed by atoms with van der Waals surface area (Å²) >= 11 is 6.05. The molecule has 2 rings (SSSR count). The Kier molecular flexibility index (Phi) is 3.44. The van der Waals surface area contributed by atoms with Crippen LogP contribution in [0.4, 0.5) is 0 Å². The van der Waals surface area contributed by atoms with Crippen LogP contribution in [0.15, 0.2) is 36.5 Å². The van der Waals surface area contributed by atoms with E-state index >= 15 is 0 Å². The van der Waals surface area contributed by atoms with E-state index in [0.717, 1.165) is 5.69 Å². The maximum atomic E-state index is 6.05. The molecule has 0 fully saturated rings. The number of nitrogens with zero attached hydrogens (tertiary/aromatic N) is 2. The quantitative estimate of drug-likeness (QED) is 0.883. The summed E-state index contributed by atoms with van der Waals surface area (Å²) in [7, 11) is 0. The number of ether oxygens (including phenoxy) is 1. The summed E-state index contributed by atoms with van der Waals surface area (Å²) in [6.07, 6.45) is 1.80. The summed E-state index contributed by atoms with van der Waals surface area (Å²) < 4.78 is 6.97. The van der Waals surface area contributed by atoms with Crippen LogP contribution >= 0.6 is 11.6 Å². The van der Waals surface area contributed by atoms with Crippen molar-refractivity contribution in [2.45, 2.75) is 0 Å². The van der Waals surface area contributed by atoms with Gasteiger partial charge in [-0.2, -0.15) is 0 Å². The third-order valence-electron chi connectivity index (χ3n) is 2.03. The molecule has 1 aromatic carbocycles. The molecular weight excluding hydrogens is 226 g/mol. The molecule has 0 saturated heterocycles. The van der Waals surface area contributed by atoms with Crippen LogP contribution < -0.4 is 10.5 Å². The van der Waals surface area contributed by atoms with Gasteiger partial charge in [-0.25, -0.2) is 4.68 Å². The first-order chi connectivity index (χ1) is 7.81. The number of rotatable bonds is 4. The number of hydrogen-bond donors (Lipinski definition) is 1. The summed E-state index contributed by atoms with van der Waals surface area (Å²) in [5.74, 6) is 0.547. The highest BCUT2D eigenvalue weighted by atomic mass is 35.5. The van der Waals surface area contributed by atoms with Gasteiger partial charge in [-0.05, 0) is 12.1 Å². The topological polar surface area (TPSA) is 53.1 Å². The van der Waals surface area contributed by atoms with Gasteiger partial charge >= 0.3 is 0 Å². The predicted octanol–water partition coefficient (Wildman–Crippen LogP) is 1.86. The van der Waals surface area contributed by atoms with Crippen molar-refractivity contribution in [1.29, 1.82) is 0 Å². The molecule has 0 amide bonds. The molecule has 0 bridgehead atoms. The highest BCUT2D eigenvalue weighted by molar-refractivity contribution is 6.32. The van der Waals surface area contributed by atoms with E-state index in [-0.39, 0.29) is 0 Å². The fourth-order valence-electron chi connectivity index (χ4n) is 1.32. The lowest BCUT2D eigenvalue weighted by Crippen LogP contribution is -2.11. The van der Waals surface area contributed by atoms with E-state index in [1.807, 2.05) is 24.3 Å². The van der Waals surface area contributed by atoms with E-state index in [1.165, 1.54) is 0 Å². The third kappa shape index (κ3) is 2.35. The number of benzene rings is 1. The summed E-state index contributed by atoms with van der Waals surface area (Å²) in [6, 6.07) is 9.27. The Morgan fingerprint density at radius 3 is 2.88 bits per heavy atom. The molecule has 1 heterocycles. The van der Waals surface area contributed by atoms with Gasteiger partial charge in [0, 0.05) is 18.8 Å². The predicted molar refractivity (Wildman–Crippen MR) is 63.1 cm³/mol. The van der Waals surface area contributed by atoms with Crippen molar-refractivity contribution in [3.8, 4) is 11.6 Å². The lowest BCUT2D eigenvalue weighted by molar-refractivity contribution is 0.313. The van der Waals surface area contributed by atoms with Crippen molar-refractivity contribution < 1.29 is 4.74 Å². The summed E-state index contributed by atoms with van der Waals surface area (Å²) in [6.45, 7) is 0.929. The summed E-state index contributed by atoms with van der Waals surface area (Å²) in [5, 5.41) is 4.88. The number of hydrogen-bond acceptors (Lipinski definition) is 3. The Morgan fingerprint density at radius 2 is 2.12 bits per heavy atom. The van der Waals surface area contributed by atoms with Crippen molar-refractivity contribution in [3.05, 3.63) is 41.6 Å². The Hall–Kier alpha value is -1.52. The molecule has 0 radical (unpaired) electrons. The first kappa shape index (κ1) is 11.0. The maximum Gasteiger partial charge on any atom is 0.233 e. The van der Waals surface area contributed by atoms with Gasteiger partial charge in [0.1, 0.15) is 6.61 Å². The van der Waals surface area contributed by atoms with Crippen LogP contribution in [0, 0.1) is 0 Å². The molecule has 1 aromatic heterocycles. The second-order valence-electron chi connectivity index (χ2n) is 3.19. The minimum absolute atomic E-state index is 0.458. The monoisotopic (exact) mass is 237 g/mol. The standard InChI is InChI=1S/C11H12ClN3O/c12-9-3-1-2-4-10(9)15-7-5-11(14-15)16-8-6-13/h1-5,7H,6,8,13H2. The third-order valence-corrected chi connectivity index (χ3v) is 2.35. The van der Waals surface area contributed by atoms with Crippen molar-refractivity contribution in [3.63, 3.8) is 0 Å². The minimum Gasteiger partial charge on any atom is -0.475 e. The van der Waals surface area contributed by atoms with Gasteiger partial charge in [0.2, 0.25) is 5.88 Å². The number of halogens is 1. The molecule has 0 saturated carbocycles. The zero-order chi connectivity index (χ0) is 11.4. The summed E-state index contributed by atoms with van der Waals surface area (Å²) in [5.41, 5.74) is 6.16. The second kappa shape index (κ2) is 5.01. The Bertz CT molecular complexity index is 470. The smallest absolute Gasteiger partial charge is 0.233 e. The molecule has 5 heteroatoms. The Labute approximate surface area is 98.6 Å². The first-order valence-electron chi connectivity index (χ1n) is 4.94. The lowest BCUT2D eigenvalue weighted by atomic mass is 10.3. The van der Waals surface area contributed by atoms with Gasteiger partial charge in [0.05, 0.1) is 10.7 Å².